The normalized spacial score (nSPS) is 12.3. The van der Waals surface area contributed by atoms with Crippen molar-refractivity contribution in [3.8, 4) is 0 Å². The van der Waals surface area contributed by atoms with Gasteiger partial charge >= 0.3 is 0 Å². The number of hydrogen-bond donors (Lipinski definition) is 3. The minimum Gasteiger partial charge on any atom is -0.347 e. The number of hydrogen-bond acceptors (Lipinski definition) is 5. The van der Waals surface area contributed by atoms with Crippen LogP contribution in [0.3, 0.4) is 0 Å². The summed E-state index contributed by atoms with van der Waals surface area (Å²) >= 11 is 0. The fourth-order valence-electron chi connectivity index (χ4n) is 3.50. The quantitative estimate of drug-likeness (QED) is 0.308. The first-order valence-corrected chi connectivity index (χ1v) is 10.8. The van der Waals surface area contributed by atoms with E-state index in [1.54, 1.807) is 25.3 Å². The van der Waals surface area contributed by atoms with E-state index in [4.69, 9.17) is 10.4 Å². The fourth-order valence-corrected chi connectivity index (χ4v) is 3.50. The summed E-state index contributed by atoms with van der Waals surface area (Å²) in [6, 6.07) is 4.64. The topological polar surface area (TPSA) is 73.7 Å². The molecule has 0 amide bonds. The van der Waals surface area contributed by atoms with Crippen molar-refractivity contribution < 1.29 is 8.78 Å². The molecule has 0 bridgehead atoms. The van der Waals surface area contributed by atoms with Gasteiger partial charge in [0.15, 0.2) is 0 Å². The Kier molecular flexibility index (Phi) is 8.65. The Balaban J connectivity index is 2.54. The number of unbranched alkanes of at least 4 members (excludes halogenated alkanes) is 1. The summed E-state index contributed by atoms with van der Waals surface area (Å²) in [7, 11) is 0. The van der Waals surface area contributed by atoms with Gasteiger partial charge in [-0.2, -0.15) is 0 Å². The summed E-state index contributed by atoms with van der Waals surface area (Å²) in [4.78, 5) is 8.96. The average Bonchev–Trinajstić information content (AvgIpc) is 2.70. The minimum absolute atomic E-state index is 0.0655. The lowest BCUT2D eigenvalue weighted by molar-refractivity contribution is 0.0173. The first-order valence-electron chi connectivity index (χ1n) is 10.8. The number of pyridine rings is 2. The van der Waals surface area contributed by atoms with Gasteiger partial charge in [0.2, 0.25) is 0 Å². The summed E-state index contributed by atoms with van der Waals surface area (Å²) in [6.07, 6.45) is 7.93. The molecule has 0 aliphatic carbocycles. The zero-order chi connectivity index (χ0) is 23.0. The molecule has 0 saturated carbocycles. The lowest BCUT2D eigenvalue weighted by Gasteiger charge is -2.21. The smallest absolute Gasteiger partial charge is 0.270 e. The molecule has 0 spiro atoms. The van der Waals surface area contributed by atoms with Gasteiger partial charge in [-0.05, 0) is 38.1 Å². The van der Waals surface area contributed by atoms with Crippen LogP contribution in [0.25, 0.3) is 0 Å². The molecular weight excluding hydrogens is 396 g/mol. The van der Waals surface area contributed by atoms with Gasteiger partial charge in [0.1, 0.15) is 11.6 Å². The van der Waals surface area contributed by atoms with Crippen LogP contribution in [0.1, 0.15) is 82.5 Å². The third kappa shape index (κ3) is 6.84. The van der Waals surface area contributed by atoms with E-state index in [0.29, 0.717) is 34.3 Å². The fraction of sp³-hybridized carbons (Fsp3) is 0.458. The maximum Gasteiger partial charge on any atom is 0.270 e. The Labute approximate surface area is 183 Å². The number of nitrogens with one attached hydrogen (secondary N) is 3. The van der Waals surface area contributed by atoms with Crippen LogP contribution in [0.4, 0.5) is 26.1 Å². The third-order valence-electron chi connectivity index (χ3n) is 5.13. The molecule has 2 aromatic rings. The number of anilines is 3. The summed E-state index contributed by atoms with van der Waals surface area (Å²) < 4.78 is 28.6. The maximum atomic E-state index is 14.3. The van der Waals surface area contributed by atoms with Gasteiger partial charge in [0, 0.05) is 47.6 Å². The summed E-state index contributed by atoms with van der Waals surface area (Å²) in [6.45, 7) is 10.4. The maximum absolute atomic E-state index is 14.3. The van der Waals surface area contributed by atoms with Crippen LogP contribution in [0.15, 0.2) is 37.2 Å². The molecule has 0 radical (unpaired) electrons. The molecule has 1 unspecified atom stereocenters. The molecule has 2 rings (SSSR count). The number of nitrogens with zero attached hydrogens (tertiary/aromatic N) is 2. The third-order valence-corrected chi connectivity index (χ3v) is 5.13. The zero-order valence-electron chi connectivity index (χ0n) is 18.9. The van der Waals surface area contributed by atoms with Crippen molar-refractivity contribution in [2.45, 2.75) is 71.6 Å². The van der Waals surface area contributed by atoms with E-state index in [1.807, 2.05) is 0 Å². The summed E-state index contributed by atoms with van der Waals surface area (Å²) in [5.41, 5.74) is 2.07. The Morgan fingerprint density at radius 3 is 2.52 bits per heavy atom. The second-order valence-electron chi connectivity index (χ2n) is 7.90. The van der Waals surface area contributed by atoms with Crippen LogP contribution < -0.4 is 10.6 Å². The molecule has 31 heavy (non-hydrogen) atoms. The molecule has 0 aliphatic heterocycles. The molecule has 2 heterocycles. The van der Waals surface area contributed by atoms with E-state index in [2.05, 4.69) is 36.0 Å². The molecular formula is C24H33F2N5. The van der Waals surface area contributed by atoms with Gasteiger partial charge in [-0.25, -0.2) is 18.7 Å². The molecule has 0 saturated heterocycles. The zero-order valence-corrected chi connectivity index (χ0v) is 18.9. The monoisotopic (exact) mass is 429 g/mol. The highest BCUT2D eigenvalue weighted by Crippen LogP contribution is 2.34. The van der Waals surface area contributed by atoms with Crippen LogP contribution in [0.2, 0.25) is 0 Å². The highest BCUT2D eigenvalue weighted by atomic mass is 19.3. The summed E-state index contributed by atoms with van der Waals surface area (Å²) in [5.74, 6) is -1.98. The largest absolute Gasteiger partial charge is 0.347 e. The first kappa shape index (κ1) is 24.4. The van der Waals surface area contributed by atoms with Gasteiger partial charge in [-0.15, -0.1) is 0 Å². The molecule has 0 aliphatic rings. The van der Waals surface area contributed by atoms with E-state index in [0.717, 1.165) is 39.0 Å². The van der Waals surface area contributed by atoms with Crippen molar-refractivity contribution in [2.24, 2.45) is 0 Å². The van der Waals surface area contributed by atoms with Crippen LogP contribution >= 0.6 is 0 Å². The van der Waals surface area contributed by atoms with Gasteiger partial charge in [0.25, 0.3) is 5.92 Å². The average molecular weight is 430 g/mol. The lowest BCUT2D eigenvalue weighted by Crippen LogP contribution is -2.13. The molecule has 0 fully saturated rings. The molecule has 0 aromatic carbocycles. The predicted molar refractivity (Wildman–Crippen MR) is 125 cm³/mol. The van der Waals surface area contributed by atoms with Crippen LogP contribution in [-0.2, 0) is 5.92 Å². The Bertz CT molecular complexity index is 905. The van der Waals surface area contributed by atoms with E-state index in [-0.39, 0.29) is 11.5 Å². The van der Waals surface area contributed by atoms with Crippen molar-refractivity contribution in [3.05, 3.63) is 54.0 Å². The van der Waals surface area contributed by atoms with Gasteiger partial charge in [-0.3, -0.25) is 0 Å². The number of alkyl halides is 2. The highest BCUT2D eigenvalue weighted by Gasteiger charge is 2.27. The van der Waals surface area contributed by atoms with Crippen LogP contribution in [0.5, 0.6) is 0 Å². The molecule has 1 atom stereocenters. The van der Waals surface area contributed by atoms with Gasteiger partial charge < -0.3 is 16.0 Å². The minimum atomic E-state index is -2.98. The predicted octanol–water partition coefficient (Wildman–Crippen LogP) is 7.35. The van der Waals surface area contributed by atoms with Crippen molar-refractivity contribution in [3.63, 3.8) is 0 Å². The van der Waals surface area contributed by atoms with Crippen LogP contribution in [0, 0.1) is 5.41 Å². The van der Waals surface area contributed by atoms with E-state index in [9.17, 15) is 8.78 Å². The molecule has 168 valence electrons. The number of rotatable bonds is 12. The standard InChI is InChI=1S/C24H33F2N5/c1-6-9-11-17(10-7-2)20-12-18(24(5,25)26)13-23(30-20)31-21-14-22(28-8-3)29-15-19(21)16(4)27/h8,12-15,17,27H,3,6-7,9-11H2,1-2,4-5H3,(H2,28,29,30,31). The molecule has 3 N–H and O–H groups in total. The van der Waals surface area contributed by atoms with Crippen molar-refractivity contribution in [1.29, 1.82) is 5.41 Å². The Morgan fingerprint density at radius 1 is 1.19 bits per heavy atom. The van der Waals surface area contributed by atoms with E-state index < -0.39 is 5.92 Å². The number of aromatic nitrogens is 2. The second kappa shape index (κ2) is 11.0. The van der Waals surface area contributed by atoms with Crippen LogP contribution in [-0.4, -0.2) is 15.7 Å². The van der Waals surface area contributed by atoms with Gasteiger partial charge in [0.05, 0.1) is 5.69 Å². The number of halogens is 2. The molecule has 2 aromatic heterocycles. The highest BCUT2D eigenvalue weighted by molar-refractivity contribution is 6.02. The molecule has 7 heteroatoms. The van der Waals surface area contributed by atoms with Crippen molar-refractivity contribution in [2.75, 3.05) is 10.6 Å². The Morgan fingerprint density at radius 2 is 1.94 bits per heavy atom. The van der Waals surface area contributed by atoms with Gasteiger partial charge in [-0.1, -0.05) is 39.7 Å². The van der Waals surface area contributed by atoms with E-state index >= 15 is 0 Å². The summed E-state index contributed by atoms with van der Waals surface area (Å²) in [5, 5.41) is 14.1. The Hall–Kier alpha value is -2.83. The lowest BCUT2D eigenvalue weighted by atomic mass is 9.92. The SMILES string of the molecule is C=CNc1cc(Nc2cc(C(C)(F)F)cc(C(CCC)CCCC)n2)c(C(C)=N)cn1. The van der Waals surface area contributed by atoms with Crippen molar-refractivity contribution in [1.82, 2.24) is 9.97 Å². The first-order chi connectivity index (χ1) is 14.7. The second-order valence-corrected chi connectivity index (χ2v) is 7.90. The molecule has 5 nitrogen and oxygen atoms in total. The van der Waals surface area contributed by atoms with Crippen molar-refractivity contribution >= 4 is 23.0 Å². The van der Waals surface area contributed by atoms with E-state index in [1.165, 1.54) is 12.3 Å².